The van der Waals surface area contributed by atoms with Gasteiger partial charge in [-0.2, -0.15) is 4.68 Å². The standard InChI is InChI=1S/C15H13N5OS/c1-11-17-18-19-20(11)13-5-2-4-12(10-13)16-15(21)8-7-14-6-3-9-22-14/h2-10H,1H3,(H,16,21). The molecule has 2 heterocycles. The minimum absolute atomic E-state index is 0.181. The van der Waals surface area contributed by atoms with Gasteiger partial charge in [0.2, 0.25) is 5.91 Å². The van der Waals surface area contributed by atoms with Gasteiger partial charge in [0.25, 0.3) is 0 Å². The Hall–Kier alpha value is -2.80. The van der Waals surface area contributed by atoms with Crippen molar-refractivity contribution in [1.29, 1.82) is 0 Å². The van der Waals surface area contributed by atoms with Crippen LogP contribution in [0.5, 0.6) is 0 Å². The molecule has 1 aromatic carbocycles. The number of amides is 1. The minimum Gasteiger partial charge on any atom is -0.322 e. The second-order valence-electron chi connectivity index (χ2n) is 4.53. The summed E-state index contributed by atoms with van der Waals surface area (Å²) >= 11 is 1.58. The molecule has 0 fully saturated rings. The molecule has 0 radical (unpaired) electrons. The lowest BCUT2D eigenvalue weighted by Crippen LogP contribution is -2.08. The van der Waals surface area contributed by atoms with Crippen molar-refractivity contribution < 1.29 is 4.79 Å². The summed E-state index contributed by atoms with van der Waals surface area (Å²) in [4.78, 5) is 13.0. The normalized spacial score (nSPS) is 11.0. The first kappa shape index (κ1) is 14.2. The molecule has 7 heteroatoms. The molecule has 0 atom stereocenters. The SMILES string of the molecule is Cc1nnnn1-c1cccc(NC(=O)C=Cc2cccs2)c1. The van der Waals surface area contributed by atoms with Crippen LogP contribution in [0.3, 0.4) is 0 Å². The fourth-order valence-corrected chi connectivity index (χ4v) is 2.53. The van der Waals surface area contributed by atoms with E-state index in [0.29, 0.717) is 11.5 Å². The smallest absolute Gasteiger partial charge is 0.248 e. The van der Waals surface area contributed by atoms with Gasteiger partial charge in [-0.3, -0.25) is 4.79 Å². The molecule has 1 N–H and O–H groups in total. The highest BCUT2D eigenvalue weighted by molar-refractivity contribution is 7.10. The monoisotopic (exact) mass is 311 g/mol. The number of aryl methyl sites for hydroxylation is 1. The van der Waals surface area contributed by atoms with Gasteiger partial charge in [0, 0.05) is 16.6 Å². The Bertz CT molecular complexity index is 807. The van der Waals surface area contributed by atoms with Crippen LogP contribution in [0.25, 0.3) is 11.8 Å². The molecular weight excluding hydrogens is 298 g/mol. The van der Waals surface area contributed by atoms with Crippen molar-refractivity contribution in [3.05, 3.63) is 58.6 Å². The highest BCUT2D eigenvalue weighted by Crippen LogP contribution is 2.15. The number of hydrogen-bond acceptors (Lipinski definition) is 5. The van der Waals surface area contributed by atoms with Crippen LogP contribution in [-0.2, 0) is 4.79 Å². The van der Waals surface area contributed by atoms with Gasteiger partial charge in [0.1, 0.15) is 0 Å². The Balaban J connectivity index is 1.73. The van der Waals surface area contributed by atoms with Crippen LogP contribution in [0.2, 0.25) is 0 Å². The van der Waals surface area contributed by atoms with E-state index in [1.807, 2.05) is 48.7 Å². The molecular formula is C15H13N5OS. The van der Waals surface area contributed by atoms with Crippen LogP contribution in [0.1, 0.15) is 10.7 Å². The molecule has 110 valence electrons. The summed E-state index contributed by atoms with van der Waals surface area (Å²) in [5.41, 5.74) is 1.48. The summed E-state index contributed by atoms with van der Waals surface area (Å²) in [6.45, 7) is 1.81. The molecule has 0 bridgehead atoms. The molecule has 3 aromatic rings. The minimum atomic E-state index is -0.181. The maximum Gasteiger partial charge on any atom is 0.248 e. The van der Waals surface area contributed by atoms with E-state index in [0.717, 1.165) is 10.6 Å². The van der Waals surface area contributed by atoms with E-state index in [4.69, 9.17) is 0 Å². The lowest BCUT2D eigenvalue weighted by molar-refractivity contribution is -0.111. The molecule has 0 spiro atoms. The number of nitrogens with zero attached hydrogens (tertiary/aromatic N) is 4. The molecule has 0 aliphatic rings. The number of aromatic nitrogens is 4. The zero-order valence-electron chi connectivity index (χ0n) is 11.8. The fraction of sp³-hybridized carbons (Fsp3) is 0.0667. The number of hydrogen-bond donors (Lipinski definition) is 1. The number of anilines is 1. The molecule has 1 amide bonds. The second kappa shape index (κ2) is 6.31. The highest BCUT2D eigenvalue weighted by Gasteiger charge is 2.05. The Morgan fingerprint density at radius 3 is 2.95 bits per heavy atom. The maximum absolute atomic E-state index is 11.9. The Morgan fingerprint density at radius 1 is 1.32 bits per heavy atom. The molecule has 2 aromatic heterocycles. The average molecular weight is 311 g/mol. The maximum atomic E-state index is 11.9. The van der Waals surface area contributed by atoms with Crippen molar-refractivity contribution in [2.75, 3.05) is 5.32 Å². The number of rotatable bonds is 4. The van der Waals surface area contributed by atoms with Crippen molar-refractivity contribution in [3.8, 4) is 5.69 Å². The molecule has 0 saturated carbocycles. The van der Waals surface area contributed by atoms with Crippen molar-refractivity contribution in [2.24, 2.45) is 0 Å². The number of carbonyl (C=O) groups excluding carboxylic acids is 1. The van der Waals surface area contributed by atoms with Crippen LogP contribution in [-0.4, -0.2) is 26.1 Å². The predicted molar refractivity (Wildman–Crippen MR) is 85.9 cm³/mol. The van der Waals surface area contributed by atoms with Gasteiger partial charge < -0.3 is 5.32 Å². The first-order valence-corrected chi connectivity index (χ1v) is 7.48. The number of nitrogens with one attached hydrogen (secondary N) is 1. The van der Waals surface area contributed by atoms with Crippen molar-refractivity contribution in [2.45, 2.75) is 6.92 Å². The Kier molecular flexibility index (Phi) is 4.06. The van der Waals surface area contributed by atoms with Crippen molar-refractivity contribution >= 4 is 29.0 Å². The summed E-state index contributed by atoms with van der Waals surface area (Å²) in [6.07, 6.45) is 3.30. The van der Waals surface area contributed by atoms with Crippen LogP contribution >= 0.6 is 11.3 Å². The highest BCUT2D eigenvalue weighted by atomic mass is 32.1. The third-order valence-electron chi connectivity index (χ3n) is 2.93. The third-order valence-corrected chi connectivity index (χ3v) is 3.76. The summed E-state index contributed by atoms with van der Waals surface area (Å²) in [5, 5.41) is 16.2. The largest absolute Gasteiger partial charge is 0.322 e. The van der Waals surface area contributed by atoms with E-state index >= 15 is 0 Å². The van der Waals surface area contributed by atoms with Crippen molar-refractivity contribution in [3.63, 3.8) is 0 Å². The lowest BCUT2D eigenvalue weighted by Gasteiger charge is -2.06. The first-order valence-electron chi connectivity index (χ1n) is 6.60. The zero-order chi connectivity index (χ0) is 15.4. The van der Waals surface area contributed by atoms with E-state index in [2.05, 4.69) is 20.8 Å². The molecule has 0 unspecified atom stereocenters. The average Bonchev–Trinajstić information content (AvgIpc) is 3.16. The number of carbonyl (C=O) groups is 1. The summed E-state index contributed by atoms with van der Waals surface area (Å²) in [6, 6.07) is 11.3. The van der Waals surface area contributed by atoms with Gasteiger partial charge in [-0.15, -0.1) is 16.4 Å². The van der Waals surface area contributed by atoms with E-state index in [1.165, 1.54) is 6.08 Å². The molecule has 6 nitrogen and oxygen atoms in total. The first-order chi connectivity index (χ1) is 10.7. The van der Waals surface area contributed by atoms with Gasteiger partial charge >= 0.3 is 0 Å². The van der Waals surface area contributed by atoms with Gasteiger partial charge in [-0.1, -0.05) is 12.1 Å². The molecule has 22 heavy (non-hydrogen) atoms. The van der Waals surface area contributed by atoms with E-state index in [9.17, 15) is 4.79 Å². The van der Waals surface area contributed by atoms with E-state index < -0.39 is 0 Å². The lowest BCUT2D eigenvalue weighted by atomic mass is 10.2. The Morgan fingerprint density at radius 2 is 2.23 bits per heavy atom. The van der Waals surface area contributed by atoms with Crippen molar-refractivity contribution in [1.82, 2.24) is 20.2 Å². The van der Waals surface area contributed by atoms with E-state index in [-0.39, 0.29) is 5.91 Å². The molecule has 0 saturated heterocycles. The predicted octanol–water partition coefficient (Wildman–Crippen LogP) is 2.68. The summed E-state index contributed by atoms with van der Waals surface area (Å²) in [7, 11) is 0. The topological polar surface area (TPSA) is 72.7 Å². The van der Waals surface area contributed by atoms with Crippen LogP contribution in [0.15, 0.2) is 47.9 Å². The third kappa shape index (κ3) is 3.26. The van der Waals surface area contributed by atoms with Crippen LogP contribution < -0.4 is 5.32 Å². The summed E-state index contributed by atoms with van der Waals surface area (Å²) < 4.78 is 1.61. The molecule has 3 rings (SSSR count). The molecule has 0 aliphatic heterocycles. The fourth-order valence-electron chi connectivity index (χ4n) is 1.91. The van der Waals surface area contributed by atoms with Crippen LogP contribution in [0.4, 0.5) is 5.69 Å². The van der Waals surface area contributed by atoms with Crippen LogP contribution in [0, 0.1) is 6.92 Å². The summed E-state index contributed by atoms with van der Waals surface area (Å²) in [5.74, 6) is 0.500. The number of tetrazole rings is 1. The van der Waals surface area contributed by atoms with Gasteiger partial charge in [-0.05, 0) is 53.1 Å². The van der Waals surface area contributed by atoms with Gasteiger partial charge in [0.15, 0.2) is 5.82 Å². The molecule has 0 aliphatic carbocycles. The second-order valence-corrected chi connectivity index (χ2v) is 5.51. The van der Waals surface area contributed by atoms with E-state index in [1.54, 1.807) is 22.1 Å². The number of benzene rings is 1. The zero-order valence-corrected chi connectivity index (χ0v) is 12.6. The van der Waals surface area contributed by atoms with Gasteiger partial charge in [0.05, 0.1) is 5.69 Å². The Labute approximate surface area is 131 Å². The number of thiophene rings is 1. The quantitative estimate of drug-likeness (QED) is 0.752. The van der Waals surface area contributed by atoms with Gasteiger partial charge in [-0.25, -0.2) is 0 Å².